The van der Waals surface area contributed by atoms with Crippen LogP contribution in [0.4, 0.5) is 0 Å². The molecule has 4 aromatic carbocycles. The summed E-state index contributed by atoms with van der Waals surface area (Å²) in [5.41, 5.74) is 9.41. The molecule has 218 valence electrons. The molecule has 0 aliphatic heterocycles. The molecule has 2 aromatic heterocycles. The maximum absolute atomic E-state index is 6.00. The van der Waals surface area contributed by atoms with Crippen LogP contribution in [0.25, 0.3) is 11.4 Å². The Morgan fingerprint density at radius 3 is 1.18 bits per heavy atom. The number of aromatic amines is 2. The fourth-order valence-electron chi connectivity index (χ4n) is 5.31. The number of aliphatic imine (C=N–C) groups is 2. The Balaban J connectivity index is 1.39. The van der Waals surface area contributed by atoms with Gasteiger partial charge in [0, 0.05) is 22.5 Å². The summed E-state index contributed by atoms with van der Waals surface area (Å²) in [6.45, 7) is 5.02. The van der Waals surface area contributed by atoms with Crippen LogP contribution in [0.3, 0.4) is 0 Å². The zero-order valence-electron chi connectivity index (χ0n) is 24.6. The van der Waals surface area contributed by atoms with Gasteiger partial charge in [-0.25, -0.2) is 9.36 Å². The van der Waals surface area contributed by atoms with Crippen molar-refractivity contribution in [3.8, 4) is 11.4 Å². The van der Waals surface area contributed by atoms with E-state index in [2.05, 4.69) is 34.5 Å². The van der Waals surface area contributed by atoms with Crippen molar-refractivity contribution in [3.63, 3.8) is 0 Å². The maximum Gasteiger partial charge on any atom is 0.137 e. The molecule has 0 radical (unpaired) electrons. The molecule has 0 atom stereocenters. The van der Waals surface area contributed by atoms with Crippen LogP contribution in [-0.2, 0) is 0 Å². The van der Waals surface area contributed by atoms with E-state index in [0.29, 0.717) is 22.4 Å². The number of hydrogen-bond donors (Lipinski definition) is 2. The van der Waals surface area contributed by atoms with Crippen LogP contribution in [0.2, 0.25) is 0 Å². The Kier molecular flexibility index (Phi) is 8.72. The lowest BCUT2D eigenvalue weighted by Gasteiger charge is -2.08. The van der Waals surface area contributed by atoms with Crippen molar-refractivity contribution in [1.29, 1.82) is 0 Å². The Labute approximate surface area is 267 Å². The number of benzene rings is 4. The first-order valence-corrected chi connectivity index (χ1v) is 15.3. The first kappa shape index (κ1) is 29.2. The van der Waals surface area contributed by atoms with E-state index in [4.69, 9.17) is 34.4 Å². The number of hydrogen-bond acceptors (Lipinski definition) is 4. The average molecular weight is 613 g/mol. The molecule has 6 aromatic rings. The van der Waals surface area contributed by atoms with Gasteiger partial charge >= 0.3 is 0 Å². The molecule has 0 amide bonds. The van der Waals surface area contributed by atoms with Crippen molar-refractivity contribution >= 4 is 35.9 Å². The van der Waals surface area contributed by atoms with Crippen LogP contribution in [0, 0.1) is 23.1 Å². The molecule has 44 heavy (non-hydrogen) atoms. The third-order valence-electron chi connectivity index (χ3n) is 7.38. The summed E-state index contributed by atoms with van der Waals surface area (Å²) in [5.74, 6) is 0. The fourth-order valence-corrected chi connectivity index (χ4v) is 6.12. The number of nitrogens with zero attached hydrogens (tertiary/aromatic N) is 4. The third-order valence-corrected chi connectivity index (χ3v) is 8.15. The van der Waals surface area contributed by atoms with Crippen molar-refractivity contribution in [1.82, 2.24) is 19.6 Å². The predicted octanol–water partition coefficient (Wildman–Crippen LogP) is 8.38. The minimum absolute atomic E-state index is 0.472. The van der Waals surface area contributed by atoms with E-state index >= 15 is 0 Å². The van der Waals surface area contributed by atoms with E-state index < -0.39 is 0 Å². The first-order chi connectivity index (χ1) is 21.5. The third kappa shape index (κ3) is 5.95. The smallest absolute Gasteiger partial charge is 0.137 e. The topological polar surface area (TPSA) is 66.2 Å². The molecule has 0 bridgehead atoms. The lowest BCUT2D eigenvalue weighted by molar-refractivity contribution is 0.853. The summed E-state index contributed by atoms with van der Waals surface area (Å²) in [6.07, 6.45) is 0. The van der Waals surface area contributed by atoms with Crippen LogP contribution < -0.4 is 0 Å². The second-order valence-corrected chi connectivity index (χ2v) is 11.1. The van der Waals surface area contributed by atoms with Crippen LogP contribution in [-0.4, -0.2) is 44.1 Å². The standard InChI is InChI=1S/C36H32N6S2/c1-25-31(35(43)41(39-25)29-19-11-5-12-20-29)33(27-15-7-3-8-16-27)37-23-24-38-34(28-17-9-4-10-18-28)32-26(2)40-42(36(32)44)30-21-13-6-14-22-30/h3-22,39-40H,23-24H2,1-2H3. The van der Waals surface area contributed by atoms with Crippen LogP contribution in [0.15, 0.2) is 131 Å². The van der Waals surface area contributed by atoms with Gasteiger partial charge in [-0.3, -0.25) is 20.2 Å². The number of nitrogens with one attached hydrogen (secondary N) is 2. The van der Waals surface area contributed by atoms with E-state index in [1.807, 2.05) is 120 Å². The van der Waals surface area contributed by atoms with Gasteiger partial charge in [0.1, 0.15) is 9.28 Å². The minimum atomic E-state index is 0.472. The van der Waals surface area contributed by atoms with Crippen molar-refractivity contribution < 1.29 is 0 Å². The highest BCUT2D eigenvalue weighted by Crippen LogP contribution is 2.21. The average Bonchev–Trinajstić information content (AvgIpc) is 3.53. The summed E-state index contributed by atoms with van der Waals surface area (Å²) in [7, 11) is 0. The van der Waals surface area contributed by atoms with Crippen LogP contribution >= 0.6 is 24.4 Å². The van der Waals surface area contributed by atoms with Crippen molar-refractivity contribution in [2.75, 3.05) is 13.1 Å². The molecule has 0 unspecified atom stereocenters. The zero-order valence-corrected chi connectivity index (χ0v) is 26.2. The molecule has 0 fully saturated rings. The van der Waals surface area contributed by atoms with Crippen molar-refractivity contribution in [2.45, 2.75) is 13.8 Å². The van der Waals surface area contributed by atoms with E-state index in [1.165, 1.54) is 0 Å². The second-order valence-electron chi connectivity index (χ2n) is 10.4. The number of para-hydroxylation sites is 2. The normalized spacial score (nSPS) is 12.0. The van der Waals surface area contributed by atoms with Crippen molar-refractivity contribution in [3.05, 3.63) is 164 Å². The van der Waals surface area contributed by atoms with Gasteiger partial charge in [-0.1, -0.05) is 121 Å². The molecule has 2 N–H and O–H groups in total. The van der Waals surface area contributed by atoms with Gasteiger partial charge in [0.05, 0.1) is 47.0 Å². The molecule has 0 saturated carbocycles. The highest BCUT2D eigenvalue weighted by molar-refractivity contribution is 7.71. The second kappa shape index (κ2) is 13.2. The zero-order chi connectivity index (χ0) is 30.5. The summed E-state index contributed by atoms with van der Waals surface area (Å²) >= 11 is 12.0. The summed E-state index contributed by atoms with van der Waals surface area (Å²) < 4.78 is 5.25. The van der Waals surface area contributed by atoms with Crippen LogP contribution in [0.1, 0.15) is 33.6 Å². The van der Waals surface area contributed by atoms with Gasteiger partial charge in [-0.05, 0) is 38.1 Å². The Hall–Kier alpha value is -4.92. The Morgan fingerprint density at radius 1 is 0.523 bits per heavy atom. The van der Waals surface area contributed by atoms with E-state index in [0.717, 1.165) is 56.4 Å². The molecule has 8 heteroatoms. The monoisotopic (exact) mass is 612 g/mol. The van der Waals surface area contributed by atoms with E-state index in [1.54, 1.807) is 0 Å². The first-order valence-electron chi connectivity index (χ1n) is 14.5. The summed E-state index contributed by atoms with van der Waals surface area (Å²) in [5, 5.41) is 6.89. The summed E-state index contributed by atoms with van der Waals surface area (Å²) in [6, 6.07) is 40.5. The molecular weight excluding hydrogens is 581 g/mol. The lowest BCUT2D eigenvalue weighted by atomic mass is 10.0. The highest BCUT2D eigenvalue weighted by Gasteiger charge is 2.18. The predicted molar refractivity (Wildman–Crippen MR) is 185 cm³/mol. The van der Waals surface area contributed by atoms with Crippen LogP contribution in [0.5, 0.6) is 0 Å². The highest BCUT2D eigenvalue weighted by atomic mass is 32.1. The molecular formula is C36H32N6S2. The Morgan fingerprint density at radius 2 is 0.841 bits per heavy atom. The van der Waals surface area contributed by atoms with Gasteiger partial charge < -0.3 is 0 Å². The number of H-pyrrole nitrogens is 2. The summed E-state index contributed by atoms with van der Waals surface area (Å²) in [4.78, 5) is 10.2. The quantitative estimate of drug-likeness (QED) is 0.0979. The van der Waals surface area contributed by atoms with Crippen molar-refractivity contribution in [2.24, 2.45) is 9.98 Å². The number of aromatic nitrogens is 4. The van der Waals surface area contributed by atoms with Gasteiger partial charge in [-0.2, -0.15) is 0 Å². The van der Waals surface area contributed by atoms with Gasteiger partial charge in [0.2, 0.25) is 0 Å². The number of rotatable bonds is 9. The minimum Gasteiger partial charge on any atom is -0.297 e. The number of aryl methyl sites for hydroxylation is 2. The van der Waals surface area contributed by atoms with E-state index in [-0.39, 0.29) is 0 Å². The molecule has 0 spiro atoms. The molecule has 6 nitrogen and oxygen atoms in total. The largest absolute Gasteiger partial charge is 0.297 e. The molecule has 0 aliphatic carbocycles. The van der Waals surface area contributed by atoms with Gasteiger partial charge in [0.15, 0.2) is 0 Å². The Bertz CT molecular complexity index is 1900. The SMILES string of the molecule is Cc1[nH]n(-c2ccccc2)c(=S)c1C(=NCCN=C(c1ccccc1)c1c(C)[nH]n(-c2ccccc2)c1=S)c1ccccc1. The molecule has 0 aliphatic rings. The molecule has 6 rings (SSSR count). The lowest BCUT2D eigenvalue weighted by Crippen LogP contribution is -2.09. The maximum atomic E-state index is 6.00. The molecule has 0 saturated heterocycles. The van der Waals surface area contributed by atoms with Gasteiger partial charge in [0.25, 0.3) is 0 Å². The fraction of sp³-hybridized carbons (Fsp3) is 0.111. The van der Waals surface area contributed by atoms with E-state index in [9.17, 15) is 0 Å². The van der Waals surface area contributed by atoms with Gasteiger partial charge in [-0.15, -0.1) is 0 Å². The molecule has 2 heterocycles.